The van der Waals surface area contributed by atoms with Crippen LogP contribution in [0.1, 0.15) is 48.2 Å². The van der Waals surface area contributed by atoms with Gasteiger partial charge in [-0.05, 0) is 42.5 Å². The van der Waals surface area contributed by atoms with Crippen molar-refractivity contribution in [2.45, 2.75) is 39.5 Å². The zero-order valence-electron chi connectivity index (χ0n) is 9.42. The molecular formula is C13H18O2. The lowest BCUT2D eigenvalue weighted by Crippen LogP contribution is -2.00. The average Bonchev–Trinajstić information content (AvgIpc) is 2.25. The van der Waals surface area contributed by atoms with Crippen molar-refractivity contribution in [3.63, 3.8) is 0 Å². The van der Waals surface area contributed by atoms with Crippen LogP contribution in [0.2, 0.25) is 0 Å². The van der Waals surface area contributed by atoms with E-state index in [4.69, 9.17) is 5.11 Å². The highest BCUT2D eigenvalue weighted by atomic mass is 16.4. The van der Waals surface area contributed by atoms with Gasteiger partial charge >= 0.3 is 5.97 Å². The molecule has 0 unspecified atom stereocenters. The van der Waals surface area contributed by atoms with Crippen molar-refractivity contribution in [3.05, 3.63) is 34.9 Å². The fraction of sp³-hybridized carbons (Fsp3) is 0.462. The van der Waals surface area contributed by atoms with Crippen molar-refractivity contribution in [3.8, 4) is 0 Å². The van der Waals surface area contributed by atoms with E-state index < -0.39 is 5.97 Å². The second kappa shape index (κ2) is 5.54. The number of benzene rings is 1. The standard InChI is InChI=1S/C13H18O2/c1-3-5-6-11-9-12(13(14)15)8-7-10(11)4-2/h7-9H,3-6H2,1-2H3,(H,14,15). The molecule has 0 aliphatic carbocycles. The van der Waals surface area contributed by atoms with Gasteiger partial charge in [0.05, 0.1) is 5.56 Å². The van der Waals surface area contributed by atoms with Gasteiger partial charge in [-0.25, -0.2) is 4.79 Å². The first kappa shape index (κ1) is 11.8. The van der Waals surface area contributed by atoms with E-state index in [1.165, 1.54) is 11.1 Å². The number of carboxylic acid groups (broad SMARTS) is 1. The van der Waals surface area contributed by atoms with Gasteiger partial charge in [0.2, 0.25) is 0 Å². The summed E-state index contributed by atoms with van der Waals surface area (Å²) in [5.41, 5.74) is 2.87. The summed E-state index contributed by atoms with van der Waals surface area (Å²) in [6.45, 7) is 4.25. The van der Waals surface area contributed by atoms with Crippen LogP contribution in [-0.2, 0) is 12.8 Å². The van der Waals surface area contributed by atoms with Crippen LogP contribution in [0.25, 0.3) is 0 Å². The molecule has 0 saturated heterocycles. The third-order valence-corrected chi connectivity index (χ3v) is 2.63. The third kappa shape index (κ3) is 3.08. The molecule has 0 amide bonds. The zero-order valence-corrected chi connectivity index (χ0v) is 9.42. The molecule has 0 aliphatic heterocycles. The van der Waals surface area contributed by atoms with Crippen molar-refractivity contribution >= 4 is 5.97 Å². The number of unbranched alkanes of at least 4 members (excludes halogenated alkanes) is 1. The van der Waals surface area contributed by atoms with Gasteiger partial charge < -0.3 is 5.11 Å². The highest BCUT2D eigenvalue weighted by Gasteiger charge is 2.06. The fourth-order valence-corrected chi connectivity index (χ4v) is 1.70. The van der Waals surface area contributed by atoms with Crippen LogP contribution in [0, 0.1) is 0 Å². The average molecular weight is 206 g/mol. The molecule has 0 bridgehead atoms. The predicted octanol–water partition coefficient (Wildman–Crippen LogP) is 3.29. The number of carbonyl (C=O) groups is 1. The van der Waals surface area contributed by atoms with E-state index in [-0.39, 0.29) is 0 Å². The van der Waals surface area contributed by atoms with Crippen molar-refractivity contribution in [1.29, 1.82) is 0 Å². The molecule has 1 aromatic carbocycles. The minimum Gasteiger partial charge on any atom is -0.478 e. The molecule has 82 valence electrons. The Labute approximate surface area is 90.9 Å². The first-order valence-electron chi connectivity index (χ1n) is 5.54. The van der Waals surface area contributed by atoms with E-state index >= 15 is 0 Å². The summed E-state index contributed by atoms with van der Waals surface area (Å²) in [4.78, 5) is 10.8. The molecule has 0 spiro atoms. The Kier molecular flexibility index (Phi) is 4.35. The Morgan fingerprint density at radius 3 is 2.53 bits per heavy atom. The largest absolute Gasteiger partial charge is 0.478 e. The number of hydrogen-bond donors (Lipinski definition) is 1. The second-order valence-corrected chi connectivity index (χ2v) is 3.75. The molecular weight excluding hydrogens is 188 g/mol. The van der Waals surface area contributed by atoms with Gasteiger partial charge in [0.25, 0.3) is 0 Å². The minimum atomic E-state index is -0.838. The summed E-state index contributed by atoms with van der Waals surface area (Å²) in [6.07, 6.45) is 4.22. The number of hydrogen-bond acceptors (Lipinski definition) is 1. The number of aromatic carboxylic acids is 1. The van der Waals surface area contributed by atoms with E-state index in [2.05, 4.69) is 13.8 Å². The predicted molar refractivity (Wildman–Crippen MR) is 61.4 cm³/mol. The van der Waals surface area contributed by atoms with Crippen molar-refractivity contribution in [2.24, 2.45) is 0 Å². The lowest BCUT2D eigenvalue weighted by Gasteiger charge is -2.08. The van der Waals surface area contributed by atoms with Gasteiger partial charge in [-0.2, -0.15) is 0 Å². The van der Waals surface area contributed by atoms with Gasteiger partial charge in [0.15, 0.2) is 0 Å². The maximum absolute atomic E-state index is 10.8. The SMILES string of the molecule is CCCCc1cc(C(=O)O)ccc1CC. The lowest BCUT2D eigenvalue weighted by molar-refractivity contribution is 0.0696. The zero-order chi connectivity index (χ0) is 11.3. The van der Waals surface area contributed by atoms with E-state index in [0.29, 0.717) is 5.56 Å². The summed E-state index contributed by atoms with van der Waals surface area (Å²) in [7, 11) is 0. The normalized spacial score (nSPS) is 10.3. The van der Waals surface area contributed by atoms with Crippen LogP contribution in [0.5, 0.6) is 0 Å². The maximum atomic E-state index is 10.8. The van der Waals surface area contributed by atoms with Crippen molar-refractivity contribution in [1.82, 2.24) is 0 Å². The van der Waals surface area contributed by atoms with Crippen LogP contribution in [0.3, 0.4) is 0 Å². The topological polar surface area (TPSA) is 37.3 Å². The molecule has 0 radical (unpaired) electrons. The highest BCUT2D eigenvalue weighted by Crippen LogP contribution is 2.15. The van der Waals surface area contributed by atoms with E-state index in [1.54, 1.807) is 6.07 Å². The summed E-state index contributed by atoms with van der Waals surface area (Å²) in [5.74, 6) is -0.838. The first-order chi connectivity index (χ1) is 7.19. The molecule has 2 heteroatoms. The van der Waals surface area contributed by atoms with Gasteiger partial charge in [-0.3, -0.25) is 0 Å². The number of aryl methyl sites for hydroxylation is 2. The molecule has 0 aliphatic rings. The number of carboxylic acids is 1. The quantitative estimate of drug-likeness (QED) is 0.802. The van der Waals surface area contributed by atoms with Crippen LogP contribution in [-0.4, -0.2) is 11.1 Å². The minimum absolute atomic E-state index is 0.401. The van der Waals surface area contributed by atoms with E-state index in [9.17, 15) is 4.79 Å². The highest BCUT2D eigenvalue weighted by molar-refractivity contribution is 5.87. The van der Waals surface area contributed by atoms with Gasteiger partial charge in [0.1, 0.15) is 0 Å². The molecule has 0 saturated carbocycles. The summed E-state index contributed by atoms with van der Waals surface area (Å²) in [5, 5.41) is 8.90. The molecule has 0 atom stereocenters. The Morgan fingerprint density at radius 2 is 2.00 bits per heavy atom. The molecule has 0 fully saturated rings. The Balaban J connectivity index is 2.96. The van der Waals surface area contributed by atoms with E-state index in [0.717, 1.165) is 25.7 Å². The summed E-state index contributed by atoms with van der Waals surface area (Å²) in [6, 6.07) is 5.45. The van der Waals surface area contributed by atoms with Crippen LogP contribution in [0.4, 0.5) is 0 Å². The van der Waals surface area contributed by atoms with Gasteiger partial charge in [-0.1, -0.05) is 26.3 Å². The van der Waals surface area contributed by atoms with Gasteiger partial charge in [0, 0.05) is 0 Å². The summed E-state index contributed by atoms with van der Waals surface area (Å²) >= 11 is 0. The van der Waals surface area contributed by atoms with Crippen molar-refractivity contribution < 1.29 is 9.90 Å². The molecule has 2 nitrogen and oxygen atoms in total. The Hall–Kier alpha value is -1.31. The fourth-order valence-electron chi connectivity index (χ4n) is 1.70. The van der Waals surface area contributed by atoms with Gasteiger partial charge in [-0.15, -0.1) is 0 Å². The van der Waals surface area contributed by atoms with Crippen LogP contribution in [0.15, 0.2) is 18.2 Å². The maximum Gasteiger partial charge on any atom is 0.335 e. The number of rotatable bonds is 5. The third-order valence-electron chi connectivity index (χ3n) is 2.63. The molecule has 1 N–H and O–H groups in total. The first-order valence-corrected chi connectivity index (χ1v) is 5.54. The second-order valence-electron chi connectivity index (χ2n) is 3.75. The lowest BCUT2D eigenvalue weighted by atomic mass is 9.98. The van der Waals surface area contributed by atoms with Crippen molar-refractivity contribution in [2.75, 3.05) is 0 Å². The molecule has 15 heavy (non-hydrogen) atoms. The Bertz CT molecular complexity index is 342. The molecule has 1 aromatic rings. The molecule has 0 aromatic heterocycles. The van der Waals surface area contributed by atoms with Crippen LogP contribution >= 0.6 is 0 Å². The van der Waals surface area contributed by atoms with E-state index in [1.807, 2.05) is 12.1 Å². The molecule has 1 rings (SSSR count). The monoisotopic (exact) mass is 206 g/mol. The smallest absolute Gasteiger partial charge is 0.335 e. The Morgan fingerprint density at radius 1 is 1.27 bits per heavy atom. The van der Waals surface area contributed by atoms with Crippen LogP contribution < -0.4 is 0 Å². The summed E-state index contributed by atoms with van der Waals surface area (Å²) < 4.78 is 0. The molecule has 0 heterocycles.